The molecule has 0 saturated carbocycles. The molecular formula is C15H24FNO2. The van der Waals surface area contributed by atoms with E-state index in [1.54, 1.807) is 12.1 Å². The van der Waals surface area contributed by atoms with Crippen molar-refractivity contribution in [2.45, 2.75) is 32.8 Å². The molecule has 0 heterocycles. The van der Waals surface area contributed by atoms with Gasteiger partial charge in [-0.25, -0.2) is 4.39 Å². The minimum Gasteiger partial charge on any atom is -0.494 e. The van der Waals surface area contributed by atoms with Crippen molar-refractivity contribution in [2.75, 3.05) is 26.2 Å². The van der Waals surface area contributed by atoms with Crippen LogP contribution in [0.2, 0.25) is 0 Å². The topological polar surface area (TPSA) is 32.7 Å². The second-order valence-corrected chi connectivity index (χ2v) is 5.34. The summed E-state index contributed by atoms with van der Waals surface area (Å²) in [5, 5.41) is 9.77. The Morgan fingerprint density at radius 3 is 2.42 bits per heavy atom. The van der Waals surface area contributed by atoms with Crippen LogP contribution in [0.4, 0.5) is 4.39 Å². The van der Waals surface area contributed by atoms with E-state index in [-0.39, 0.29) is 5.82 Å². The zero-order chi connectivity index (χ0) is 14.3. The summed E-state index contributed by atoms with van der Waals surface area (Å²) >= 11 is 0. The molecule has 0 fully saturated rings. The number of hydrogen-bond acceptors (Lipinski definition) is 3. The van der Waals surface area contributed by atoms with Crippen molar-refractivity contribution < 1.29 is 14.2 Å². The third kappa shape index (κ3) is 7.13. The molecule has 0 atom stereocenters. The van der Waals surface area contributed by atoms with Gasteiger partial charge in [-0.1, -0.05) is 6.92 Å². The predicted octanol–water partition coefficient (Wildman–Crippen LogP) is 2.69. The quantitative estimate of drug-likeness (QED) is 0.737. The van der Waals surface area contributed by atoms with Crippen molar-refractivity contribution >= 4 is 0 Å². The first kappa shape index (κ1) is 15.9. The number of ether oxygens (including phenoxy) is 1. The van der Waals surface area contributed by atoms with Crippen molar-refractivity contribution in [2.24, 2.45) is 0 Å². The van der Waals surface area contributed by atoms with Crippen molar-refractivity contribution in [3.63, 3.8) is 0 Å². The third-order valence-electron chi connectivity index (χ3n) is 2.76. The van der Waals surface area contributed by atoms with Crippen LogP contribution in [0, 0.1) is 5.82 Å². The van der Waals surface area contributed by atoms with E-state index in [0.717, 1.165) is 19.5 Å². The lowest BCUT2D eigenvalue weighted by Crippen LogP contribution is -2.39. The summed E-state index contributed by atoms with van der Waals surface area (Å²) < 4.78 is 18.2. The van der Waals surface area contributed by atoms with Gasteiger partial charge < -0.3 is 14.7 Å². The van der Waals surface area contributed by atoms with E-state index in [0.29, 0.717) is 18.9 Å². The van der Waals surface area contributed by atoms with Crippen LogP contribution in [0.25, 0.3) is 0 Å². The van der Waals surface area contributed by atoms with E-state index in [4.69, 9.17) is 4.74 Å². The summed E-state index contributed by atoms with van der Waals surface area (Å²) in [5.41, 5.74) is -0.673. The van der Waals surface area contributed by atoms with Crippen LogP contribution in [-0.4, -0.2) is 41.8 Å². The lowest BCUT2D eigenvalue weighted by Gasteiger charge is -2.27. The molecule has 1 N–H and O–H groups in total. The maximum atomic E-state index is 12.7. The van der Waals surface area contributed by atoms with Crippen LogP contribution >= 0.6 is 0 Å². The van der Waals surface area contributed by atoms with Crippen molar-refractivity contribution in [3.8, 4) is 5.75 Å². The van der Waals surface area contributed by atoms with E-state index >= 15 is 0 Å². The molecule has 1 rings (SSSR count). The minimum absolute atomic E-state index is 0.255. The van der Waals surface area contributed by atoms with Crippen LogP contribution in [0.15, 0.2) is 24.3 Å². The van der Waals surface area contributed by atoms with Crippen molar-refractivity contribution in [1.82, 2.24) is 4.90 Å². The van der Waals surface area contributed by atoms with Gasteiger partial charge in [-0.3, -0.25) is 0 Å². The third-order valence-corrected chi connectivity index (χ3v) is 2.76. The summed E-state index contributed by atoms with van der Waals surface area (Å²) in [5.74, 6) is 0.432. The van der Waals surface area contributed by atoms with Crippen LogP contribution in [-0.2, 0) is 0 Å². The van der Waals surface area contributed by atoms with E-state index < -0.39 is 5.60 Å². The molecule has 0 amide bonds. The molecule has 0 aliphatic heterocycles. The van der Waals surface area contributed by atoms with Gasteiger partial charge in [-0.2, -0.15) is 0 Å². The zero-order valence-electron chi connectivity index (χ0n) is 12.0. The molecule has 1 aromatic rings. The van der Waals surface area contributed by atoms with E-state index in [1.165, 1.54) is 12.1 Å². The van der Waals surface area contributed by atoms with Gasteiger partial charge in [0.25, 0.3) is 0 Å². The fraction of sp³-hybridized carbons (Fsp3) is 0.600. The fourth-order valence-corrected chi connectivity index (χ4v) is 1.91. The number of rotatable bonds is 8. The second kappa shape index (κ2) is 7.46. The van der Waals surface area contributed by atoms with Gasteiger partial charge >= 0.3 is 0 Å². The largest absolute Gasteiger partial charge is 0.494 e. The fourth-order valence-electron chi connectivity index (χ4n) is 1.91. The van der Waals surface area contributed by atoms with Crippen molar-refractivity contribution in [3.05, 3.63) is 30.1 Å². The first-order valence-electron chi connectivity index (χ1n) is 6.74. The van der Waals surface area contributed by atoms with E-state index in [2.05, 4.69) is 11.8 Å². The molecule has 0 unspecified atom stereocenters. The first-order chi connectivity index (χ1) is 8.90. The highest BCUT2D eigenvalue weighted by atomic mass is 19.1. The summed E-state index contributed by atoms with van der Waals surface area (Å²) in [6, 6.07) is 6.04. The highest BCUT2D eigenvalue weighted by Crippen LogP contribution is 2.11. The Bertz CT molecular complexity index is 359. The van der Waals surface area contributed by atoms with Gasteiger partial charge in [0.1, 0.15) is 11.6 Å². The molecule has 4 heteroatoms. The summed E-state index contributed by atoms with van der Waals surface area (Å²) in [7, 11) is 0. The Hall–Kier alpha value is -1.13. The highest BCUT2D eigenvalue weighted by Gasteiger charge is 2.16. The molecule has 0 aliphatic carbocycles. The van der Waals surface area contributed by atoms with Crippen molar-refractivity contribution in [1.29, 1.82) is 0 Å². The Balaban J connectivity index is 2.24. The molecule has 0 saturated heterocycles. The van der Waals surface area contributed by atoms with Crippen LogP contribution in [0.1, 0.15) is 27.2 Å². The van der Waals surface area contributed by atoms with Gasteiger partial charge in [-0.15, -0.1) is 0 Å². The Labute approximate surface area is 115 Å². The monoisotopic (exact) mass is 269 g/mol. The van der Waals surface area contributed by atoms with Crippen LogP contribution in [0.3, 0.4) is 0 Å². The van der Waals surface area contributed by atoms with Crippen LogP contribution < -0.4 is 4.74 Å². The lowest BCUT2D eigenvalue weighted by atomic mass is 10.1. The molecule has 0 bridgehead atoms. The maximum absolute atomic E-state index is 12.7. The standard InChI is InChI=1S/C15H24FNO2/c1-4-17(12-15(2,3)18)10-5-11-19-14-8-6-13(16)7-9-14/h6-9,18H,4-5,10-12H2,1-3H3. The average Bonchev–Trinajstić information content (AvgIpc) is 2.34. The minimum atomic E-state index is -0.673. The number of likely N-dealkylation sites (N-methyl/N-ethyl adjacent to an activating group) is 1. The molecule has 0 aromatic heterocycles. The molecule has 0 aliphatic rings. The highest BCUT2D eigenvalue weighted by molar-refractivity contribution is 5.21. The SMILES string of the molecule is CCN(CCCOc1ccc(F)cc1)CC(C)(C)O. The molecular weight excluding hydrogens is 245 g/mol. The van der Waals surface area contributed by atoms with Gasteiger partial charge in [-0.05, 0) is 51.1 Å². The van der Waals surface area contributed by atoms with Crippen LogP contribution in [0.5, 0.6) is 5.75 Å². The van der Waals surface area contributed by atoms with Gasteiger partial charge in [0.2, 0.25) is 0 Å². The second-order valence-electron chi connectivity index (χ2n) is 5.34. The zero-order valence-corrected chi connectivity index (χ0v) is 12.0. The van der Waals surface area contributed by atoms with Gasteiger partial charge in [0.15, 0.2) is 0 Å². The lowest BCUT2D eigenvalue weighted by molar-refractivity contribution is 0.0364. The first-order valence-corrected chi connectivity index (χ1v) is 6.74. The number of hydrogen-bond donors (Lipinski definition) is 1. The molecule has 0 radical (unpaired) electrons. The normalized spacial score (nSPS) is 11.9. The van der Waals surface area contributed by atoms with E-state index in [9.17, 15) is 9.50 Å². The number of halogens is 1. The molecule has 19 heavy (non-hydrogen) atoms. The smallest absolute Gasteiger partial charge is 0.123 e. The Morgan fingerprint density at radius 2 is 1.89 bits per heavy atom. The molecule has 108 valence electrons. The Morgan fingerprint density at radius 1 is 1.26 bits per heavy atom. The predicted molar refractivity (Wildman–Crippen MR) is 74.9 cm³/mol. The number of aliphatic hydroxyl groups is 1. The number of nitrogens with zero attached hydrogens (tertiary/aromatic N) is 1. The van der Waals surface area contributed by atoms with Gasteiger partial charge in [0.05, 0.1) is 12.2 Å². The average molecular weight is 269 g/mol. The van der Waals surface area contributed by atoms with Gasteiger partial charge in [0, 0.05) is 13.1 Å². The van der Waals surface area contributed by atoms with E-state index in [1.807, 2.05) is 13.8 Å². The summed E-state index contributed by atoms with van der Waals surface area (Å²) in [4.78, 5) is 2.19. The number of benzene rings is 1. The Kier molecular flexibility index (Phi) is 6.25. The molecule has 0 spiro atoms. The summed E-state index contributed by atoms with van der Waals surface area (Å²) in [6.45, 7) is 8.72. The summed E-state index contributed by atoms with van der Waals surface area (Å²) in [6.07, 6.45) is 0.876. The molecule has 3 nitrogen and oxygen atoms in total. The molecule has 1 aromatic carbocycles. The maximum Gasteiger partial charge on any atom is 0.123 e.